The number of halogens is 1. The fourth-order valence-electron chi connectivity index (χ4n) is 1.66. The molecule has 1 amide bonds. The van der Waals surface area contributed by atoms with Crippen LogP contribution in [0.25, 0.3) is 0 Å². The lowest BCUT2D eigenvalue weighted by atomic mass is 10.1. The van der Waals surface area contributed by atoms with Gasteiger partial charge in [-0.3, -0.25) is 9.59 Å². The Hall–Kier alpha value is -1.75. The maximum Gasteiger partial charge on any atom is 0.323 e. The number of ether oxygens (including phenoxy) is 1. The predicted molar refractivity (Wildman–Crippen MR) is 76.0 cm³/mol. The van der Waals surface area contributed by atoms with Gasteiger partial charge in [-0.25, -0.2) is 0 Å². The van der Waals surface area contributed by atoms with Crippen LogP contribution in [-0.4, -0.2) is 41.6 Å². The van der Waals surface area contributed by atoms with Gasteiger partial charge in [0.2, 0.25) is 0 Å². The van der Waals surface area contributed by atoms with E-state index < -0.39 is 12.1 Å². The standard InChI is InChI=1S/C14H18ClNO4/c1-9(2)13(14(19)16(3)8-12(17)18)20-11-6-4-5-10(15)7-11/h4-7,9,13H,8H2,1-3H3,(H,17,18). The SMILES string of the molecule is CC(C)C(Oc1cccc(Cl)c1)C(=O)N(C)CC(=O)O. The van der Waals surface area contributed by atoms with Gasteiger partial charge in [0.25, 0.3) is 5.91 Å². The van der Waals surface area contributed by atoms with Gasteiger partial charge in [0, 0.05) is 12.1 Å². The number of aliphatic carboxylic acids is 1. The number of likely N-dealkylation sites (N-methyl/N-ethyl adjacent to an activating group) is 1. The monoisotopic (exact) mass is 299 g/mol. The van der Waals surface area contributed by atoms with E-state index in [2.05, 4.69) is 0 Å². The summed E-state index contributed by atoms with van der Waals surface area (Å²) in [5, 5.41) is 9.24. The van der Waals surface area contributed by atoms with Gasteiger partial charge in [0.15, 0.2) is 6.10 Å². The third kappa shape index (κ3) is 4.74. The Labute approximate surface area is 123 Å². The molecular formula is C14H18ClNO4. The van der Waals surface area contributed by atoms with E-state index in [4.69, 9.17) is 21.4 Å². The largest absolute Gasteiger partial charge is 0.480 e. The Bertz CT molecular complexity index is 490. The van der Waals surface area contributed by atoms with Crippen LogP contribution in [0.3, 0.4) is 0 Å². The zero-order valence-electron chi connectivity index (χ0n) is 11.7. The molecule has 6 heteroatoms. The van der Waals surface area contributed by atoms with Crippen LogP contribution >= 0.6 is 11.6 Å². The molecule has 0 radical (unpaired) electrons. The molecule has 1 unspecified atom stereocenters. The van der Waals surface area contributed by atoms with Crippen molar-refractivity contribution in [3.8, 4) is 5.75 Å². The summed E-state index contributed by atoms with van der Waals surface area (Å²) in [6.07, 6.45) is -0.752. The van der Waals surface area contributed by atoms with Gasteiger partial charge in [0.05, 0.1) is 0 Å². The van der Waals surface area contributed by atoms with Crippen molar-refractivity contribution in [2.75, 3.05) is 13.6 Å². The minimum atomic E-state index is -1.06. The van der Waals surface area contributed by atoms with Gasteiger partial charge >= 0.3 is 5.97 Å². The number of carboxylic acids is 1. The van der Waals surface area contributed by atoms with Crippen LogP contribution in [0, 0.1) is 5.92 Å². The van der Waals surface area contributed by atoms with Crippen molar-refractivity contribution in [1.82, 2.24) is 4.90 Å². The van der Waals surface area contributed by atoms with E-state index in [0.717, 1.165) is 4.90 Å². The number of carbonyl (C=O) groups is 2. The van der Waals surface area contributed by atoms with Crippen molar-refractivity contribution in [1.29, 1.82) is 0 Å². The van der Waals surface area contributed by atoms with Crippen molar-refractivity contribution in [3.63, 3.8) is 0 Å². The maximum absolute atomic E-state index is 12.2. The van der Waals surface area contributed by atoms with Crippen molar-refractivity contribution >= 4 is 23.5 Å². The van der Waals surface area contributed by atoms with Crippen LogP contribution < -0.4 is 4.74 Å². The fraction of sp³-hybridized carbons (Fsp3) is 0.429. The van der Waals surface area contributed by atoms with Gasteiger partial charge in [-0.1, -0.05) is 31.5 Å². The number of hydrogen-bond donors (Lipinski definition) is 1. The molecule has 0 heterocycles. The summed E-state index contributed by atoms with van der Waals surface area (Å²) in [5.41, 5.74) is 0. The Kier molecular flexibility index (Phi) is 5.82. The summed E-state index contributed by atoms with van der Waals surface area (Å²) in [5.74, 6) is -1.06. The number of nitrogens with zero attached hydrogens (tertiary/aromatic N) is 1. The average molecular weight is 300 g/mol. The molecule has 0 saturated carbocycles. The molecule has 1 aromatic rings. The van der Waals surface area contributed by atoms with Crippen molar-refractivity contribution in [2.45, 2.75) is 20.0 Å². The Morgan fingerprint density at radius 3 is 2.55 bits per heavy atom. The van der Waals surface area contributed by atoms with E-state index in [1.807, 2.05) is 13.8 Å². The second-order valence-electron chi connectivity index (χ2n) is 4.83. The van der Waals surface area contributed by atoms with Crippen molar-refractivity contribution < 1.29 is 19.4 Å². The molecule has 1 N–H and O–H groups in total. The second-order valence-corrected chi connectivity index (χ2v) is 5.26. The minimum absolute atomic E-state index is 0.0993. The lowest BCUT2D eigenvalue weighted by Gasteiger charge is -2.26. The number of carboxylic acid groups (broad SMARTS) is 1. The lowest BCUT2D eigenvalue weighted by Crippen LogP contribution is -2.44. The molecule has 0 fully saturated rings. The first-order chi connectivity index (χ1) is 9.31. The number of hydrogen-bond acceptors (Lipinski definition) is 3. The minimum Gasteiger partial charge on any atom is -0.480 e. The quantitative estimate of drug-likeness (QED) is 0.875. The van der Waals surface area contributed by atoms with Gasteiger partial charge in [-0.15, -0.1) is 0 Å². The summed E-state index contributed by atoms with van der Waals surface area (Å²) >= 11 is 5.87. The fourth-order valence-corrected chi connectivity index (χ4v) is 1.84. The van der Waals surface area contributed by atoms with Crippen LogP contribution in [0.1, 0.15) is 13.8 Å². The van der Waals surface area contributed by atoms with E-state index in [1.54, 1.807) is 24.3 Å². The smallest absolute Gasteiger partial charge is 0.323 e. The third-order valence-electron chi connectivity index (χ3n) is 2.66. The van der Waals surface area contributed by atoms with E-state index in [9.17, 15) is 9.59 Å². The van der Waals surface area contributed by atoms with E-state index in [1.165, 1.54) is 7.05 Å². The highest BCUT2D eigenvalue weighted by Gasteiger charge is 2.28. The molecule has 110 valence electrons. The molecular weight excluding hydrogens is 282 g/mol. The molecule has 1 rings (SSSR count). The lowest BCUT2D eigenvalue weighted by molar-refractivity contribution is -0.147. The predicted octanol–water partition coefficient (Wildman–Crippen LogP) is 2.29. The van der Waals surface area contributed by atoms with Crippen LogP contribution in [0.4, 0.5) is 0 Å². The first-order valence-corrected chi connectivity index (χ1v) is 6.58. The van der Waals surface area contributed by atoms with Crippen LogP contribution in [0.15, 0.2) is 24.3 Å². The molecule has 0 aliphatic carbocycles. The Balaban J connectivity index is 2.84. The summed E-state index contributed by atoms with van der Waals surface area (Å²) in [7, 11) is 1.44. The second kappa shape index (κ2) is 7.14. The zero-order chi connectivity index (χ0) is 15.3. The van der Waals surface area contributed by atoms with Gasteiger partial charge in [0.1, 0.15) is 12.3 Å². The maximum atomic E-state index is 12.2. The van der Waals surface area contributed by atoms with E-state index in [-0.39, 0.29) is 18.4 Å². The summed E-state index contributed by atoms with van der Waals surface area (Å²) < 4.78 is 5.65. The highest BCUT2D eigenvalue weighted by atomic mass is 35.5. The van der Waals surface area contributed by atoms with E-state index >= 15 is 0 Å². The highest BCUT2D eigenvalue weighted by Crippen LogP contribution is 2.21. The van der Waals surface area contributed by atoms with Gasteiger partial charge in [-0.05, 0) is 24.1 Å². The number of amides is 1. The first kappa shape index (κ1) is 16.3. The molecule has 5 nitrogen and oxygen atoms in total. The molecule has 0 bridgehead atoms. The highest BCUT2D eigenvalue weighted by molar-refractivity contribution is 6.30. The van der Waals surface area contributed by atoms with Gasteiger partial charge in [-0.2, -0.15) is 0 Å². The third-order valence-corrected chi connectivity index (χ3v) is 2.89. The molecule has 0 aromatic heterocycles. The summed E-state index contributed by atoms with van der Waals surface area (Å²) in [4.78, 5) is 24.0. The topological polar surface area (TPSA) is 66.8 Å². The molecule has 0 spiro atoms. The summed E-state index contributed by atoms with van der Waals surface area (Å²) in [6.45, 7) is 3.31. The summed E-state index contributed by atoms with van der Waals surface area (Å²) in [6, 6.07) is 6.74. The molecule has 1 aromatic carbocycles. The average Bonchev–Trinajstić information content (AvgIpc) is 2.34. The number of carbonyl (C=O) groups excluding carboxylic acids is 1. The van der Waals surface area contributed by atoms with Crippen LogP contribution in [-0.2, 0) is 9.59 Å². The molecule has 20 heavy (non-hydrogen) atoms. The van der Waals surface area contributed by atoms with Crippen molar-refractivity contribution in [3.05, 3.63) is 29.3 Å². The molecule has 0 aliphatic heterocycles. The molecule has 1 atom stereocenters. The zero-order valence-corrected chi connectivity index (χ0v) is 12.4. The first-order valence-electron chi connectivity index (χ1n) is 6.20. The molecule has 0 saturated heterocycles. The Morgan fingerprint density at radius 1 is 1.40 bits per heavy atom. The van der Waals surface area contributed by atoms with E-state index in [0.29, 0.717) is 10.8 Å². The Morgan fingerprint density at radius 2 is 2.05 bits per heavy atom. The van der Waals surface area contributed by atoms with Gasteiger partial charge < -0.3 is 14.7 Å². The normalized spacial score (nSPS) is 12.1. The van der Waals surface area contributed by atoms with Crippen LogP contribution in [0.5, 0.6) is 5.75 Å². The number of benzene rings is 1. The molecule has 0 aliphatic rings. The number of rotatable bonds is 6. The van der Waals surface area contributed by atoms with Crippen LogP contribution in [0.2, 0.25) is 5.02 Å². The van der Waals surface area contributed by atoms with Crippen molar-refractivity contribution in [2.24, 2.45) is 5.92 Å².